The quantitative estimate of drug-likeness (QED) is 0.631. The molecule has 21 heavy (non-hydrogen) atoms. The smallest absolute Gasteiger partial charge is 0.258 e. The van der Waals surface area contributed by atoms with Gasteiger partial charge in [0.1, 0.15) is 0 Å². The lowest BCUT2D eigenvalue weighted by atomic mass is 10.1. The van der Waals surface area contributed by atoms with Gasteiger partial charge in [-0.05, 0) is 42.8 Å². The van der Waals surface area contributed by atoms with Crippen LogP contribution in [0, 0.1) is 0 Å². The summed E-state index contributed by atoms with van der Waals surface area (Å²) in [5.41, 5.74) is 4.94. The minimum atomic E-state index is 0.0122. The molecule has 2 rings (SSSR count). The van der Waals surface area contributed by atoms with Crippen molar-refractivity contribution in [1.29, 1.82) is 0 Å². The van der Waals surface area contributed by atoms with Gasteiger partial charge in [-0.25, -0.2) is 0 Å². The molecule has 0 aromatic heterocycles. The van der Waals surface area contributed by atoms with E-state index in [1.165, 1.54) is 0 Å². The fourth-order valence-corrected chi connectivity index (χ4v) is 2.14. The molecule has 0 atom stereocenters. The summed E-state index contributed by atoms with van der Waals surface area (Å²) in [5.74, 6) is 5.36. The summed E-state index contributed by atoms with van der Waals surface area (Å²) < 4.78 is 0. The van der Waals surface area contributed by atoms with Gasteiger partial charge in [0, 0.05) is 23.5 Å². The molecule has 4 nitrogen and oxygen atoms in total. The van der Waals surface area contributed by atoms with Gasteiger partial charge in [-0.15, -0.1) is 0 Å². The highest BCUT2D eigenvalue weighted by Gasteiger charge is 2.16. The molecule has 3 N–H and O–H groups in total. The van der Waals surface area contributed by atoms with Crippen molar-refractivity contribution in [3.05, 3.63) is 60.2 Å². The largest absolute Gasteiger partial charge is 0.324 e. The number of para-hydroxylation sites is 1. The van der Waals surface area contributed by atoms with E-state index in [0.717, 1.165) is 30.8 Å². The van der Waals surface area contributed by atoms with Crippen molar-refractivity contribution in [2.75, 3.05) is 16.9 Å². The number of benzene rings is 2. The first-order valence-corrected chi connectivity index (χ1v) is 7.20. The summed E-state index contributed by atoms with van der Waals surface area (Å²) in [7, 11) is 0. The van der Waals surface area contributed by atoms with Gasteiger partial charge in [-0.1, -0.05) is 31.5 Å². The number of hydrogen-bond donors (Lipinski definition) is 2. The first kappa shape index (κ1) is 15.1. The average Bonchev–Trinajstić information content (AvgIpc) is 2.56. The number of carbonyl (C=O) groups excluding carboxylic acids is 1. The Kier molecular flexibility index (Phi) is 5.35. The van der Waals surface area contributed by atoms with Crippen LogP contribution in [-0.2, 0) is 0 Å². The van der Waals surface area contributed by atoms with Crippen molar-refractivity contribution < 1.29 is 4.79 Å². The fraction of sp³-hybridized carbons (Fsp3) is 0.235. The lowest BCUT2D eigenvalue weighted by Gasteiger charge is -2.23. The molecule has 4 heteroatoms. The minimum absolute atomic E-state index is 0.0122. The number of nitrogen functional groups attached to an aromatic ring is 1. The van der Waals surface area contributed by atoms with Gasteiger partial charge in [-0.3, -0.25) is 10.6 Å². The maximum Gasteiger partial charge on any atom is 0.258 e. The summed E-state index contributed by atoms with van der Waals surface area (Å²) in [4.78, 5) is 14.6. The van der Waals surface area contributed by atoms with Gasteiger partial charge < -0.3 is 10.3 Å². The molecular weight excluding hydrogens is 262 g/mol. The lowest BCUT2D eigenvalue weighted by Crippen LogP contribution is -2.31. The van der Waals surface area contributed by atoms with Crippen LogP contribution in [0.2, 0.25) is 0 Å². The second kappa shape index (κ2) is 7.45. The first-order valence-electron chi connectivity index (χ1n) is 7.20. The maximum atomic E-state index is 12.7. The molecule has 0 fully saturated rings. The average molecular weight is 283 g/mol. The number of nitrogens with zero attached hydrogens (tertiary/aromatic N) is 1. The molecule has 0 bridgehead atoms. The molecule has 0 saturated carbocycles. The molecule has 0 spiro atoms. The normalized spacial score (nSPS) is 10.2. The van der Waals surface area contributed by atoms with Crippen LogP contribution in [0.1, 0.15) is 30.1 Å². The molecule has 1 amide bonds. The van der Waals surface area contributed by atoms with E-state index < -0.39 is 0 Å². The number of amides is 1. The Morgan fingerprint density at radius 3 is 2.33 bits per heavy atom. The van der Waals surface area contributed by atoms with E-state index >= 15 is 0 Å². The first-order chi connectivity index (χ1) is 10.3. The topological polar surface area (TPSA) is 58.4 Å². The summed E-state index contributed by atoms with van der Waals surface area (Å²) in [5, 5.41) is 0. The molecule has 0 heterocycles. The Hall–Kier alpha value is -2.33. The zero-order valence-electron chi connectivity index (χ0n) is 12.3. The van der Waals surface area contributed by atoms with Gasteiger partial charge in [0.05, 0.1) is 0 Å². The van der Waals surface area contributed by atoms with Crippen LogP contribution in [-0.4, -0.2) is 12.5 Å². The van der Waals surface area contributed by atoms with Gasteiger partial charge in [0.2, 0.25) is 0 Å². The summed E-state index contributed by atoms with van der Waals surface area (Å²) in [6, 6.07) is 17.0. The van der Waals surface area contributed by atoms with E-state index in [4.69, 9.17) is 5.84 Å². The fourth-order valence-electron chi connectivity index (χ4n) is 2.14. The number of carbonyl (C=O) groups is 1. The predicted molar refractivity (Wildman–Crippen MR) is 87.3 cm³/mol. The van der Waals surface area contributed by atoms with Crippen molar-refractivity contribution in [2.45, 2.75) is 19.8 Å². The number of hydrazine groups is 1. The second-order valence-electron chi connectivity index (χ2n) is 4.87. The monoisotopic (exact) mass is 283 g/mol. The Balaban J connectivity index is 2.24. The highest BCUT2D eigenvalue weighted by Crippen LogP contribution is 2.18. The molecule has 0 aliphatic carbocycles. The lowest BCUT2D eigenvalue weighted by molar-refractivity contribution is 0.0986. The van der Waals surface area contributed by atoms with E-state index in [0.29, 0.717) is 5.56 Å². The van der Waals surface area contributed by atoms with Crippen LogP contribution in [0.3, 0.4) is 0 Å². The van der Waals surface area contributed by atoms with E-state index in [9.17, 15) is 4.79 Å². The highest BCUT2D eigenvalue weighted by molar-refractivity contribution is 6.06. The zero-order valence-corrected chi connectivity index (χ0v) is 12.3. The molecule has 0 unspecified atom stereocenters. The van der Waals surface area contributed by atoms with Crippen molar-refractivity contribution >= 4 is 17.3 Å². The Labute approximate surface area is 125 Å². The maximum absolute atomic E-state index is 12.7. The summed E-state index contributed by atoms with van der Waals surface area (Å²) in [6.07, 6.45) is 2.02. The van der Waals surface area contributed by atoms with Crippen LogP contribution in [0.5, 0.6) is 0 Å². The van der Waals surface area contributed by atoms with Crippen LogP contribution >= 0.6 is 0 Å². The molecule has 0 saturated heterocycles. The van der Waals surface area contributed by atoms with E-state index in [1.807, 2.05) is 35.2 Å². The number of nitrogens with one attached hydrogen (secondary N) is 1. The third-order valence-corrected chi connectivity index (χ3v) is 3.35. The van der Waals surface area contributed by atoms with Crippen LogP contribution in [0.25, 0.3) is 0 Å². The van der Waals surface area contributed by atoms with E-state index in [1.54, 1.807) is 24.3 Å². The molecule has 0 aliphatic heterocycles. The SMILES string of the molecule is CCCCN(C(=O)c1ccc(NN)cc1)c1ccccc1. The van der Waals surface area contributed by atoms with Crippen LogP contribution < -0.4 is 16.2 Å². The van der Waals surface area contributed by atoms with Gasteiger partial charge >= 0.3 is 0 Å². The summed E-state index contributed by atoms with van der Waals surface area (Å²) >= 11 is 0. The number of rotatable bonds is 6. The highest BCUT2D eigenvalue weighted by atomic mass is 16.2. The number of hydrogen-bond acceptors (Lipinski definition) is 3. The molecule has 0 aliphatic rings. The van der Waals surface area contributed by atoms with Crippen molar-refractivity contribution in [2.24, 2.45) is 5.84 Å². The Morgan fingerprint density at radius 2 is 1.76 bits per heavy atom. The third-order valence-electron chi connectivity index (χ3n) is 3.35. The Morgan fingerprint density at radius 1 is 1.10 bits per heavy atom. The van der Waals surface area contributed by atoms with Gasteiger partial charge in [-0.2, -0.15) is 0 Å². The molecule has 0 radical (unpaired) electrons. The van der Waals surface area contributed by atoms with E-state index in [2.05, 4.69) is 12.3 Å². The van der Waals surface area contributed by atoms with Crippen LogP contribution in [0.15, 0.2) is 54.6 Å². The van der Waals surface area contributed by atoms with Crippen molar-refractivity contribution in [1.82, 2.24) is 0 Å². The molecule has 110 valence electrons. The Bertz CT molecular complexity index is 566. The van der Waals surface area contributed by atoms with Gasteiger partial charge in [0.25, 0.3) is 5.91 Å². The van der Waals surface area contributed by atoms with Crippen molar-refractivity contribution in [3.63, 3.8) is 0 Å². The number of nitrogens with two attached hydrogens (primary N) is 1. The summed E-state index contributed by atoms with van der Waals surface area (Å²) in [6.45, 7) is 2.84. The molecular formula is C17H21N3O. The third kappa shape index (κ3) is 3.83. The predicted octanol–water partition coefficient (Wildman–Crippen LogP) is 3.42. The van der Waals surface area contributed by atoms with E-state index in [-0.39, 0.29) is 5.91 Å². The standard InChI is InChI=1S/C17H21N3O/c1-2-3-13-20(16-7-5-4-6-8-16)17(21)14-9-11-15(19-18)12-10-14/h4-12,19H,2-3,13,18H2,1H3. The van der Waals surface area contributed by atoms with Crippen LogP contribution in [0.4, 0.5) is 11.4 Å². The number of anilines is 2. The molecule has 2 aromatic rings. The number of unbranched alkanes of at least 4 members (excludes halogenated alkanes) is 1. The zero-order chi connectivity index (χ0) is 15.1. The minimum Gasteiger partial charge on any atom is -0.324 e. The second-order valence-corrected chi connectivity index (χ2v) is 4.87. The molecule has 2 aromatic carbocycles. The van der Waals surface area contributed by atoms with Crippen molar-refractivity contribution in [3.8, 4) is 0 Å². The van der Waals surface area contributed by atoms with Gasteiger partial charge in [0.15, 0.2) is 0 Å².